The lowest BCUT2D eigenvalue weighted by atomic mass is 9.88. The molecule has 0 heterocycles. The number of carboxylic acids is 1. The average Bonchev–Trinajstić information content (AvgIpc) is 3.05. The van der Waals surface area contributed by atoms with Gasteiger partial charge in [-0.2, -0.15) is 74.6 Å². The third kappa shape index (κ3) is 11.9. The first-order valence-corrected chi connectivity index (χ1v) is 15.4. The predicted octanol–water partition coefficient (Wildman–Crippen LogP) is 6.11. The summed E-state index contributed by atoms with van der Waals surface area (Å²) < 4.78 is 233. The van der Waals surface area contributed by atoms with Gasteiger partial charge in [-0.15, -0.1) is 0 Å². The summed E-state index contributed by atoms with van der Waals surface area (Å²) >= 11 is 0. The molecule has 56 heavy (non-hydrogen) atoms. The number of carbonyl (C=O) groups excluding carboxylic acids is 2. The quantitative estimate of drug-likeness (QED) is 0.0270. The number of rotatable bonds is 23. The zero-order valence-corrected chi connectivity index (χ0v) is 29.0. The second-order valence-corrected chi connectivity index (χ2v) is 11.7. The SMILES string of the molecule is C/C(=N/OCCCCCNC(=O)[C@H](CCCNC(=N)N(C)C)NC(=O)OCCC(F)(F)C(F)(F)C(F)(F)C(F)(F)C(F)(F)C(F)(F)C(F)(F)C(F)(F)F)C(=O)O. The number of hydrogen-bond acceptors (Lipinski definition) is 7. The molecule has 0 spiro atoms. The van der Waals surface area contributed by atoms with Crippen LogP contribution in [0, 0.1) is 5.41 Å². The zero-order chi connectivity index (χ0) is 44.4. The molecule has 0 bridgehead atoms. The molecule has 0 radical (unpaired) electrons. The Morgan fingerprint density at radius 1 is 0.696 bits per heavy atom. The van der Waals surface area contributed by atoms with Crippen LogP contribution in [0.4, 0.5) is 79.4 Å². The second kappa shape index (κ2) is 19.3. The molecule has 0 fully saturated rings. The van der Waals surface area contributed by atoms with Crippen LogP contribution in [-0.2, 0) is 19.2 Å². The number of unbranched alkanes of at least 4 members (excludes halogenated alkanes) is 2. The Hall–Kier alpha value is -4.24. The normalized spacial score (nSPS) is 14.5. The summed E-state index contributed by atoms with van der Waals surface area (Å²) in [7, 11) is 2.94. The molecular weight excluding hydrogens is 827 g/mol. The number of carbonyl (C=O) groups is 3. The van der Waals surface area contributed by atoms with Crippen LogP contribution in [-0.4, -0.2) is 134 Å². The van der Waals surface area contributed by atoms with Gasteiger partial charge in [-0.25, -0.2) is 9.59 Å². The number of amides is 2. The van der Waals surface area contributed by atoms with Crippen LogP contribution in [0.2, 0.25) is 0 Å². The maximum absolute atomic E-state index is 14.2. The van der Waals surface area contributed by atoms with E-state index >= 15 is 0 Å². The molecule has 0 saturated heterocycles. The zero-order valence-electron chi connectivity index (χ0n) is 29.0. The van der Waals surface area contributed by atoms with E-state index in [0.29, 0.717) is 12.8 Å². The fourth-order valence-electron chi connectivity index (χ4n) is 3.73. The van der Waals surface area contributed by atoms with Gasteiger partial charge in [0.05, 0.1) is 13.0 Å². The number of nitrogens with one attached hydrogen (secondary N) is 4. The van der Waals surface area contributed by atoms with Gasteiger partial charge in [0.2, 0.25) is 5.91 Å². The average molecular weight is 863 g/mol. The van der Waals surface area contributed by atoms with E-state index in [2.05, 4.69) is 20.5 Å². The van der Waals surface area contributed by atoms with Crippen molar-refractivity contribution in [3.8, 4) is 0 Å². The molecule has 0 rings (SSSR count). The first kappa shape index (κ1) is 51.8. The molecule has 0 aromatic rings. The van der Waals surface area contributed by atoms with Gasteiger partial charge in [0.1, 0.15) is 12.6 Å². The molecular formula is C27H35F17N6O6. The predicted molar refractivity (Wildman–Crippen MR) is 156 cm³/mol. The summed E-state index contributed by atoms with van der Waals surface area (Å²) in [5.74, 6) is -60.1. The van der Waals surface area contributed by atoms with E-state index < -0.39 is 84.7 Å². The summed E-state index contributed by atoms with van der Waals surface area (Å²) in [5, 5.41) is 26.3. The summed E-state index contributed by atoms with van der Waals surface area (Å²) in [6.07, 6.45) is -12.3. The number of ether oxygens (including phenoxy) is 1. The number of aliphatic carboxylic acids is 1. The van der Waals surface area contributed by atoms with Crippen molar-refractivity contribution in [2.24, 2.45) is 5.16 Å². The highest BCUT2D eigenvalue weighted by Crippen LogP contribution is 2.64. The largest absolute Gasteiger partial charge is 0.477 e. The van der Waals surface area contributed by atoms with Gasteiger partial charge in [0.25, 0.3) is 0 Å². The minimum Gasteiger partial charge on any atom is -0.477 e. The Balaban J connectivity index is 5.74. The minimum atomic E-state index is -8.78. The summed E-state index contributed by atoms with van der Waals surface area (Å²) in [6.45, 7) is -1.22. The lowest BCUT2D eigenvalue weighted by Gasteiger charge is -2.42. The fraction of sp³-hybridized carbons (Fsp3) is 0.815. The number of oxime groups is 1. The molecule has 328 valence electrons. The number of halogens is 17. The molecule has 0 saturated carbocycles. The van der Waals surface area contributed by atoms with Crippen LogP contribution in [0.1, 0.15) is 45.4 Å². The van der Waals surface area contributed by atoms with E-state index in [1.54, 1.807) is 5.32 Å². The third-order valence-electron chi connectivity index (χ3n) is 7.18. The van der Waals surface area contributed by atoms with Crippen LogP contribution in [0.25, 0.3) is 0 Å². The van der Waals surface area contributed by atoms with E-state index in [0.717, 1.165) is 6.92 Å². The highest BCUT2D eigenvalue weighted by Gasteiger charge is 2.95. The van der Waals surface area contributed by atoms with Crippen LogP contribution >= 0.6 is 0 Å². The molecule has 12 nitrogen and oxygen atoms in total. The van der Waals surface area contributed by atoms with Gasteiger partial charge in [-0.05, 0) is 39.0 Å². The van der Waals surface area contributed by atoms with Gasteiger partial charge in [0.15, 0.2) is 11.7 Å². The second-order valence-electron chi connectivity index (χ2n) is 11.7. The van der Waals surface area contributed by atoms with Crippen LogP contribution < -0.4 is 16.0 Å². The van der Waals surface area contributed by atoms with E-state index in [9.17, 15) is 89.0 Å². The maximum Gasteiger partial charge on any atom is 0.460 e. The lowest BCUT2D eigenvalue weighted by Crippen LogP contribution is -2.74. The molecule has 2 amide bonds. The van der Waals surface area contributed by atoms with Crippen molar-refractivity contribution in [1.29, 1.82) is 5.41 Å². The molecule has 0 aromatic carbocycles. The number of guanidine groups is 1. The van der Waals surface area contributed by atoms with Crippen LogP contribution in [0.15, 0.2) is 5.16 Å². The van der Waals surface area contributed by atoms with Crippen molar-refractivity contribution in [3.05, 3.63) is 0 Å². The maximum atomic E-state index is 14.2. The van der Waals surface area contributed by atoms with Crippen molar-refractivity contribution in [3.63, 3.8) is 0 Å². The molecule has 0 aliphatic rings. The highest BCUT2D eigenvalue weighted by molar-refractivity contribution is 6.34. The van der Waals surface area contributed by atoms with Gasteiger partial charge >= 0.3 is 59.7 Å². The highest BCUT2D eigenvalue weighted by atomic mass is 19.4. The monoisotopic (exact) mass is 862 g/mol. The Morgan fingerprint density at radius 2 is 1.18 bits per heavy atom. The first-order chi connectivity index (χ1) is 25.1. The van der Waals surface area contributed by atoms with E-state index in [1.807, 2.05) is 0 Å². The van der Waals surface area contributed by atoms with Crippen LogP contribution in [0.5, 0.6) is 0 Å². The molecule has 0 aliphatic carbocycles. The van der Waals surface area contributed by atoms with Gasteiger partial charge in [-0.3, -0.25) is 10.2 Å². The van der Waals surface area contributed by atoms with E-state index in [1.165, 1.54) is 19.0 Å². The number of nitrogens with zero attached hydrogens (tertiary/aromatic N) is 2. The van der Waals surface area contributed by atoms with Gasteiger partial charge < -0.3 is 35.5 Å². The number of hydrogen-bond donors (Lipinski definition) is 5. The molecule has 0 unspecified atom stereocenters. The number of alkyl carbamates (subject to hydrolysis) is 1. The Kier molecular flexibility index (Phi) is 17.8. The van der Waals surface area contributed by atoms with Crippen molar-refractivity contribution in [1.82, 2.24) is 20.9 Å². The summed E-state index contributed by atoms with van der Waals surface area (Å²) in [6, 6.07) is -1.65. The van der Waals surface area contributed by atoms with Crippen molar-refractivity contribution in [2.75, 3.05) is 40.4 Å². The molecule has 29 heteroatoms. The van der Waals surface area contributed by atoms with E-state index in [4.69, 9.17) is 15.4 Å². The lowest BCUT2D eigenvalue weighted by molar-refractivity contribution is -0.461. The van der Waals surface area contributed by atoms with E-state index in [-0.39, 0.29) is 50.6 Å². The summed E-state index contributed by atoms with van der Waals surface area (Å²) in [4.78, 5) is 41.6. The smallest absolute Gasteiger partial charge is 0.460 e. The van der Waals surface area contributed by atoms with Crippen LogP contribution in [0.3, 0.4) is 0 Å². The summed E-state index contributed by atoms with van der Waals surface area (Å²) in [5.41, 5.74) is -0.337. The molecule has 0 aliphatic heterocycles. The van der Waals surface area contributed by atoms with Crippen molar-refractivity contribution >= 4 is 29.6 Å². The molecule has 5 N–H and O–H groups in total. The first-order valence-electron chi connectivity index (χ1n) is 15.4. The standard InChI is InChI=1S/C27H35F17N6O6/c1-14(17(52)53)49-56-12-6-4-5-10-46-16(51)15(8-7-11-47-18(45)50(2)3)48-19(54)55-13-9-20(28,29)21(30,31)22(32,33)23(34,35)24(36,37)25(38,39)26(40,41)27(42,43)44/h15H,4-13H2,1-3H3,(H2,45,47)(H,46,51)(H,48,54)(H,52,53)/b49-14-/t15-/m0/s1. The minimum absolute atomic E-state index is 0.0299. The number of carboxylic acid groups (broad SMARTS) is 1. The molecule has 1 atom stereocenters. The fourth-order valence-corrected chi connectivity index (χ4v) is 3.73. The van der Waals surface area contributed by atoms with Gasteiger partial charge in [0, 0.05) is 27.2 Å². The van der Waals surface area contributed by atoms with Crippen molar-refractivity contribution < 1.29 is 104 Å². The van der Waals surface area contributed by atoms with Gasteiger partial charge in [-0.1, -0.05) is 5.16 Å². The van der Waals surface area contributed by atoms with Crippen molar-refractivity contribution in [2.45, 2.75) is 99.1 Å². The Morgan fingerprint density at radius 3 is 1.66 bits per heavy atom. The third-order valence-corrected chi connectivity index (χ3v) is 7.18. The Labute approximate surface area is 304 Å². The Bertz CT molecular complexity index is 1380. The number of alkyl halides is 17. The molecule has 0 aromatic heterocycles. The topological polar surface area (TPSA) is 165 Å².